The summed E-state index contributed by atoms with van der Waals surface area (Å²) < 4.78 is 19.8. The van der Waals surface area contributed by atoms with Gasteiger partial charge in [0.05, 0.1) is 5.56 Å². The molecule has 1 aliphatic rings. The number of hydrogen-bond acceptors (Lipinski definition) is 2. The Hall–Kier alpha value is -2.36. The molecule has 0 saturated heterocycles. The molecule has 0 saturated carbocycles. The second-order valence-electron chi connectivity index (χ2n) is 5.27. The lowest BCUT2D eigenvalue weighted by Crippen LogP contribution is -2.14. The van der Waals surface area contributed by atoms with Crippen molar-refractivity contribution in [3.63, 3.8) is 0 Å². The molecule has 2 aromatic rings. The van der Waals surface area contributed by atoms with Gasteiger partial charge in [0.15, 0.2) is 0 Å². The fourth-order valence-electron chi connectivity index (χ4n) is 2.70. The lowest BCUT2D eigenvalue weighted by Gasteiger charge is -2.10. The van der Waals surface area contributed by atoms with Gasteiger partial charge in [-0.25, -0.2) is 4.39 Å². The fourth-order valence-corrected chi connectivity index (χ4v) is 2.70. The fraction of sp³-hybridized carbons (Fsp3) is 0.235. The normalized spacial score (nSPS) is 13.0. The van der Waals surface area contributed by atoms with Crippen molar-refractivity contribution in [2.45, 2.75) is 25.9 Å². The van der Waals surface area contributed by atoms with Crippen LogP contribution in [0.15, 0.2) is 36.4 Å². The molecular formula is C17H17FN2O. The third-order valence-electron chi connectivity index (χ3n) is 3.83. The van der Waals surface area contributed by atoms with Crippen LogP contribution in [0, 0.1) is 11.2 Å². The molecule has 4 heteroatoms. The molecule has 108 valence electrons. The number of nitrogens with two attached hydrogens (primary N) is 1. The lowest BCUT2D eigenvalue weighted by molar-refractivity contribution is 0.299. The Morgan fingerprint density at radius 3 is 2.81 bits per heavy atom. The number of halogens is 1. The maximum Gasteiger partial charge on any atom is 0.140 e. The molecule has 0 bridgehead atoms. The van der Waals surface area contributed by atoms with Gasteiger partial charge in [-0.05, 0) is 48.6 Å². The van der Waals surface area contributed by atoms with Crippen LogP contribution < -0.4 is 10.5 Å². The maximum absolute atomic E-state index is 14.1. The first-order valence-corrected chi connectivity index (χ1v) is 7.01. The summed E-state index contributed by atoms with van der Waals surface area (Å²) in [7, 11) is 0. The van der Waals surface area contributed by atoms with Gasteiger partial charge in [-0.3, -0.25) is 5.41 Å². The zero-order valence-corrected chi connectivity index (χ0v) is 11.7. The van der Waals surface area contributed by atoms with Crippen LogP contribution in [0.3, 0.4) is 0 Å². The average molecular weight is 284 g/mol. The molecule has 2 aromatic carbocycles. The van der Waals surface area contributed by atoms with Crippen molar-refractivity contribution in [1.29, 1.82) is 5.41 Å². The molecule has 0 heterocycles. The molecule has 0 atom stereocenters. The summed E-state index contributed by atoms with van der Waals surface area (Å²) in [6, 6.07) is 10.9. The van der Waals surface area contributed by atoms with Crippen molar-refractivity contribution in [1.82, 2.24) is 0 Å². The van der Waals surface area contributed by atoms with Gasteiger partial charge in [-0.2, -0.15) is 0 Å². The third kappa shape index (κ3) is 2.75. The second kappa shape index (κ2) is 5.56. The predicted molar refractivity (Wildman–Crippen MR) is 80.2 cm³/mol. The Balaban J connectivity index is 1.76. The minimum absolute atomic E-state index is 0.116. The molecule has 3 nitrogen and oxygen atoms in total. The average Bonchev–Trinajstić information content (AvgIpc) is 2.93. The van der Waals surface area contributed by atoms with E-state index in [9.17, 15) is 4.39 Å². The van der Waals surface area contributed by atoms with E-state index >= 15 is 0 Å². The van der Waals surface area contributed by atoms with Crippen LogP contribution in [0.25, 0.3) is 0 Å². The van der Waals surface area contributed by atoms with Crippen LogP contribution in [0.1, 0.15) is 28.7 Å². The molecule has 0 fully saturated rings. The van der Waals surface area contributed by atoms with Gasteiger partial charge >= 0.3 is 0 Å². The molecule has 0 spiro atoms. The van der Waals surface area contributed by atoms with E-state index < -0.39 is 5.82 Å². The lowest BCUT2D eigenvalue weighted by atomic mass is 10.1. The highest BCUT2D eigenvalue weighted by atomic mass is 19.1. The predicted octanol–water partition coefficient (Wildman–Crippen LogP) is 3.18. The van der Waals surface area contributed by atoms with E-state index in [1.807, 2.05) is 12.1 Å². The third-order valence-corrected chi connectivity index (χ3v) is 3.83. The molecule has 0 unspecified atom stereocenters. The quantitative estimate of drug-likeness (QED) is 0.669. The first kappa shape index (κ1) is 13.6. The van der Waals surface area contributed by atoms with Gasteiger partial charge in [-0.1, -0.05) is 18.2 Å². The van der Waals surface area contributed by atoms with Crippen LogP contribution >= 0.6 is 0 Å². The Morgan fingerprint density at radius 2 is 2.00 bits per heavy atom. The van der Waals surface area contributed by atoms with E-state index in [0.717, 1.165) is 18.6 Å². The smallest absolute Gasteiger partial charge is 0.140 e. The van der Waals surface area contributed by atoms with Crippen LogP contribution in [-0.4, -0.2) is 5.84 Å². The molecule has 0 aromatic heterocycles. The van der Waals surface area contributed by atoms with Gasteiger partial charge in [0.1, 0.15) is 24.0 Å². The van der Waals surface area contributed by atoms with Gasteiger partial charge < -0.3 is 10.5 Å². The Labute approximate surface area is 123 Å². The Bertz CT molecular complexity index is 697. The van der Waals surface area contributed by atoms with Gasteiger partial charge in [0.2, 0.25) is 0 Å². The largest absolute Gasteiger partial charge is 0.489 e. The topological polar surface area (TPSA) is 59.1 Å². The number of fused-ring (bicyclic) bond motifs is 1. The maximum atomic E-state index is 14.1. The van der Waals surface area contributed by atoms with Crippen LogP contribution in [-0.2, 0) is 19.4 Å². The summed E-state index contributed by atoms with van der Waals surface area (Å²) in [5, 5.41) is 7.35. The minimum Gasteiger partial charge on any atom is -0.489 e. The van der Waals surface area contributed by atoms with E-state index in [-0.39, 0.29) is 18.0 Å². The van der Waals surface area contributed by atoms with Gasteiger partial charge in [-0.15, -0.1) is 0 Å². The second-order valence-corrected chi connectivity index (χ2v) is 5.27. The number of ether oxygens (including phenoxy) is 1. The minimum atomic E-state index is -0.480. The summed E-state index contributed by atoms with van der Waals surface area (Å²) in [6.45, 7) is 0.131. The molecule has 0 radical (unpaired) electrons. The molecular weight excluding hydrogens is 267 g/mol. The zero-order chi connectivity index (χ0) is 14.8. The van der Waals surface area contributed by atoms with E-state index in [0.29, 0.717) is 5.56 Å². The van der Waals surface area contributed by atoms with Crippen molar-refractivity contribution in [2.75, 3.05) is 0 Å². The highest BCUT2D eigenvalue weighted by molar-refractivity contribution is 5.95. The Morgan fingerprint density at radius 1 is 1.19 bits per heavy atom. The summed E-state index contributed by atoms with van der Waals surface area (Å²) in [4.78, 5) is 0. The number of benzene rings is 2. The van der Waals surface area contributed by atoms with E-state index in [2.05, 4.69) is 6.07 Å². The first-order valence-electron chi connectivity index (χ1n) is 7.01. The number of nitrogen functional groups attached to an aromatic ring is 1. The molecule has 3 N–H and O–H groups in total. The van der Waals surface area contributed by atoms with Gasteiger partial charge in [0.25, 0.3) is 0 Å². The molecule has 0 amide bonds. The standard InChI is InChI=1S/C17H17FN2O/c18-16-13(5-2-6-15(16)17(19)20)10-21-14-8-7-11-3-1-4-12(11)9-14/h2,5-9H,1,3-4,10H2,(H3,19,20). The van der Waals surface area contributed by atoms with Gasteiger partial charge in [0, 0.05) is 5.56 Å². The number of nitrogens with one attached hydrogen (secondary N) is 1. The van der Waals surface area contributed by atoms with E-state index in [4.69, 9.17) is 15.9 Å². The Kier molecular flexibility index (Phi) is 3.60. The SMILES string of the molecule is N=C(N)c1cccc(COc2ccc3c(c2)CCC3)c1F. The molecule has 1 aliphatic carbocycles. The summed E-state index contributed by atoms with van der Waals surface area (Å²) in [6.07, 6.45) is 3.40. The summed E-state index contributed by atoms with van der Waals surface area (Å²) in [5.74, 6) is 0.00122. The van der Waals surface area contributed by atoms with Crippen molar-refractivity contribution in [3.05, 3.63) is 64.5 Å². The number of hydrogen-bond donors (Lipinski definition) is 2. The highest BCUT2D eigenvalue weighted by Gasteiger charge is 2.13. The molecule has 3 rings (SSSR count). The van der Waals surface area contributed by atoms with E-state index in [1.165, 1.54) is 23.6 Å². The highest BCUT2D eigenvalue weighted by Crippen LogP contribution is 2.26. The number of aryl methyl sites for hydroxylation is 2. The van der Waals surface area contributed by atoms with Crippen molar-refractivity contribution >= 4 is 5.84 Å². The van der Waals surface area contributed by atoms with Crippen molar-refractivity contribution in [3.8, 4) is 5.75 Å². The number of rotatable bonds is 4. The molecule has 0 aliphatic heterocycles. The summed E-state index contributed by atoms with van der Waals surface area (Å²) in [5.41, 5.74) is 8.58. The first-order chi connectivity index (χ1) is 10.1. The zero-order valence-electron chi connectivity index (χ0n) is 11.7. The monoisotopic (exact) mass is 284 g/mol. The van der Waals surface area contributed by atoms with Crippen LogP contribution in [0.2, 0.25) is 0 Å². The van der Waals surface area contributed by atoms with E-state index in [1.54, 1.807) is 12.1 Å². The molecule has 21 heavy (non-hydrogen) atoms. The number of amidine groups is 1. The van der Waals surface area contributed by atoms with Crippen LogP contribution in [0.5, 0.6) is 5.75 Å². The van der Waals surface area contributed by atoms with Crippen molar-refractivity contribution < 1.29 is 9.13 Å². The van der Waals surface area contributed by atoms with Crippen LogP contribution in [0.4, 0.5) is 4.39 Å². The summed E-state index contributed by atoms with van der Waals surface area (Å²) >= 11 is 0. The van der Waals surface area contributed by atoms with Crippen molar-refractivity contribution in [2.24, 2.45) is 5.73 Å².